The molecule has 1 aliphatic heterocycles. The number of rotatable bonds is 4. The van der Waals surface area contributed by atoms with E-state index < -0.39 is 0 Å². The van der Waals surface area contributed by atoms with Gasteiger partial charge in [0, 0.05) is 18.3 Å². The fraction of sp³-hybridized carbons (Fsp3) is 0.500. The Morgan fingerprint density at radius 3 is 3.06 bits per heavy atom. The second-order valence-electron chi connectivity index (χ2n) is 4.63. The number of benzene rings is 1. The van der Waals surface area contributed by atoms with E-state index in [-0.39, 0.29) is 0 Å². The van der Waals surface area contributed by atoms with Gasteiger partial charge in [-0.05, 0) is 55.6 Å². The van der Waals surface area contributed by atoms with Gasteiger partial charge in [-0.1, -0.05) is 18.2 Å². The van der Waals surface area contributed by atoms with Gasteiger partial charge in [0.1, 0.15) is 0 Å². The SMILES string of the molecule is CSCCCNC(=S)N1c2ccccc2CC1C. The first kappa shape index (κ1) is 13.7. The van der Waals surface area contributed by atoms with Crippen molar-refractivity contribution >= 4 is 34.8 Å². The molecule has 0 fully saturated rings. The summed E-state index contributed by atoms with van der Waals surface area (Å²) in [5, 5.41) is 4.24. The number of thioether (sulfide) groups is 1. The zero-order valence-corrected chi connectivity index (χ0v) is 12.6. The molecule has 1 aliphatic rings. The van der Waals surface area contributed by atoms with Crippen molar-refractivity contribution in [3.63, 3.8) is 0 Å². The van der Waals surface area contributed by atoms with E-state index in [1.54, 1.807) is 0 Å². The molecule has 0 spiro atoms. The lowest BCUT2D eigenvalue weighted by Crippen LogP contribution is -2.43. The van der Waals surface area contributed by atoms with Crippen molar-refractivity contribution in [1.82, 2.24) is 5.32 Å². The zero-order chi connectivity index (χ0) is 13.0. The normalized spacial score (nSPS) is 17.7. The van der Waals surface area contributed by atoms with Crippen LogP contribution in [0.5, 0.6) is 0 Å². The van der Waals surface area contributed by atoms with Crippen molar-refractivity contribution in [2.75, 3.05) is 23.5 Å². The Kier molecular flexibility index (Phi) is 4.89. The maximum absolute atomic E-state index is 5.52. The van der Waals surface area contributed by atoms with Crippen LogP contribution in [0.25, 0.3) is 0 Å². The molecule has 0 saturated heterocycles. The number of hydrogen-bond acceptors (Lipinski definition) is 2. The van der Waals surface area contributed by atoms with Crippen molar-refractivity contribution in [1.29, 1.82) is 0 Å². The summed E-state index contributed by atoms with van der Waals surface area (Å²) in [5.41, 5.74) is 2.67. The van der Waals surface area contributed by atoms with Gasteiger partial charge in [-0.25, -0.2) is 0 Å². The molecule has 1 N–H and O–H groups in total. The molecule has 0 bridgehead atoms. The quantitative estimate of drug-likeness (QED) is 0.673. The lowest BCUT2D eigenvalue weighted by atomic mass is 10.1. The largest absolute Gasteiger partial charge is 0.362 e. The first-order chi connectivity index (χ1) is 8.74. The van der Waals surface area contributed by atoms with Crippen molar-refractivity contribution in [2.45, 2.75) is 25.8 Å². The van der Waals surface area contributed by atoms with Crippen molar-refractivity contribution in [3.8, 4) is 0 Å². The van der Waals surface area contributed by atoms with Crippen LogP contribution in [0.4, 0.5) is 5.69 Å². The van der Waals surface area contributed by atoms with E-state index in [1.165, 1.54) is 17.0 Å². The predicted molar refractivity (Wildman–Crippen MR) is 85.7 cm³/mol. The highest BCUT2D eigenvalue weighted by atomic mass is 32.2. The maximum atomic E-state index is 5.52. The second kappa shape index (κ2) is 6.43. The molecule has 0 saturated carbocycles. The van der Waals surface area contributed by atoms with Gasteiger partial charge in [0.15, 0.2) is 5.11 Å². The fourth-order valence-electron chi connectivity index (χ4n) is 2.37. The molecule has 1 unspecified atom stereocenters. The van der Waals surface area contributed by atoms with Gasteiger partial charge in [0.25, 0.3) is 0 Å². The first-order valence-electron chi connectivity index (χ1n) is 6.38. The molecule has 2 rings (SSSR count). The molecule has 0 radical (unpaired) electrons. The average Bonchev–Trinajstić information content (AvgIpc) is 2.70. The van der Waals surface area contributed by atoms with Crippen LogP contribution < -0.4 is 10.2 Å². The fourth-order valence-corrected chi connectivity index (χ4v) is 3.19. The third-order valence-corrected chi connectivity index (χ3v) is 4.27. The molecule has 4 heteroatoms. The van der Waals surface area contributed by atoms with Crippen LogP contribution in [-0.2, 0) is 6.42 Å². The highest BCUT2D eigenvalue weighted by Crippen LogP contribution is 2.31. The molecule has 0 aromatic heterocycles. The molecule has 2 nitrogen and oxygen atoms in total. The Bertz CT molecular complexity index is 420. The van der Waals surface area contributed by atoms with Gasteiger partial charge in [-0.3, -0.25) is 0 Å². The zero-order valence-electron chi connectivity index (χ0n) is 11.0. The van der Waals surface area contributed by atoms with Gasteiger partial charge in [0.05, 0.1) is 0 Å². The van der Waals surface area contributed by atoms with Crippen LogP contribution in [0, 0.1) is 0 Å². The number of fused-ring (bicyclic) bond motifs is 1. The minimum absolute atomic E-state index is 0.461. The molecule has 18 heavy (non-hydrogen) atoms. The Labute approximate surface area is 119 Å². The van der Waals surface area contributed by atoms with E-state index in [4.69, 9.17) is 12.2 Å². The molecule has 1 aromatic rings. The summed E-state index contributed by atoms with van der Waals surface area (Å²) in [5.74, 6) is 1.18. The maximum Gasteiger partial charge on any atom is 0.173 e. The lowest BCUT2D eigenvalue weighted by molar-refractivity contribution is 0.750. The summed E-state index contributed by atoms with van der Waals surface area (Å²) < 4.78 is 0. The average molecular weight is 280 g/mol. The minimum atomic E-state index is 0.461. The standard InChI is InChI=1S/C14H20N2S2/c1-11-10-12-6-3-4-7-13(12)16(11)14(17)15-8-5-9-18-2/h3-4,6-7,11H,5,8-10H2,1-2H3,(H,15,17). The number of thiocarbonyl (C=S) groups is 1. The predicted octanol–water partition coefficient (Wildman–Crippen LogP) is 3.07. The number of para-hydroxylation sites is 1. The highest BCUT2D eigenvalue weighted by Gasteiger charge is 2.27. The Balaban J connectivity index is 1.98. The van der Waals surface area contributed by atoms with Crippen molar-refractivity contribution < 1.29 is 0 Å². The van der Waals surface area contributed by atoms with Gasteiger partial charge in [0.2, 0.25) is 0 Å². The van der Waals surface area contributed by atoms with Gasteiger partial charge >= 0.3 is 0 Å². The van der Waals surface area contributed by atoms with E-state index in [0.29, 0.717) is 6.04 Å². The Morgan fingerprint density at radius 1 is 1.50 bits per heavy atom. The molecule has 98 valence electrons. The van der Waals surface area contributed by atoms with Crippen LogP contribution in [0.2, 0.25) is 0 Å². The summed E-state index contributed by atoms with van der Waals surface area (Å²) in [6.07, 6.45) is 4.38. The lowest BCUT2D eigenvalue weighted by Gasteiger charge is -2.26. The second-order valence-corrected chi connectivity index (χ2v) is 6.00. The number of nitrogens with zero attached hydrogens (tertiary/aromatic N) is 1. The number of hydrogen-bond donors (Lipinski definition) is 1. The Morgan fingerprint density at radius 2 is 2.28 bits per heavy atom. The summed E-state index contributed by atoms with van der Waals surface area (Å²) >= 11 is 7.40. The van der Waals surface area contributed by atoms with Gasteiger partial charge < -0.3 is 10.2 Å². The molecular formula is C14H20N2S2. The van der Waals surface area contributed by atoms with Crippen LogP contribution >= 0.6 is 24.0 Å². The molecule has 1 atom stereocenters. The van der Waals surface area contributed by atoms with E-state index in [0.717, 1.165) is 24.5 Å². The van der Waals surface area contributed by atoms with Crippen LogP contribution in [0.3, 0.4) is 0 Å². The first-order valence-corrected chi connectivity index (χ1v) is 8.18. The van der Waals surface area contributed by atoms with Crippen LogP contribution in [0.1, 0.15) is 18.9 Å². The van der Waals surface area contributed by atoms with E-state index >= 15 is 0 Å². The molecule has 1 heterocycles. The number of nitrogens with one attached hydrogen (secondary N) is 1. The van der Waals surface area contributed by atoms with E-state index in [9.17, 15) is 0 Å². The summed E-state index contributed by atoms with van der Waals surface area (Å²) in [4.78, 5) is 2.25. The highest BCUT2D eigenvalue weighted by molar-refractivity contribution is 7.98. The van der Waals surface area contributed by atoms with Gasteiger partial charge in [-0.2, -0.15) is 11.8 Å². The molecular weight excluding hydrogens is 260 g/mol. The van der Waals surface area contributed by atoms with Crippen molar-refractivity contribution in [2.24, 2.45) is 0 Å². The number of anilines is 1. The molecule has 1 aromatic carbocycles. The monoisotopic (exact) mass is 280 g/mol. The van der Waals surface area contributed by atoms with Crippen LogP contribution in [-0.4, -0.2) is 29.7 Å². The van der Waals surface area contributed by atoms with Crippen LogP contribution in [0.15, 0.2) is 24.3 Å². The van der Waals surface area contributed by atoms with E-state index in [1.807, 2.05) is 11.8 Å². The summed E-state index contributed by atoms with van der Waals surface area (Å²) in [6.45, 7) is 3.20. The third kappa shape index (κ3) is 2.98. The van der Waals surface area contributed by atoms with E-state index in [2.05, 4.69) is 47.7 Å². The van der Waals surface area contributed by atoms with Gasteiger partial charge in [-0.15, -0.1) is 0 Å². The summed E-state index contributed by atoms with van der Waals surface area (Å²) in [6, 6.07) is 9.00. The topological polar surface area (TPSA) is 15.3 Å². The third-order valence-electron chi connectivity index (χ3n) is 3.23. The van der Waals surface area contributed by atoms with Crippen molar-refractivity contribution in [3.05, 3.63) is 29.8 Å². The summed E-state index contributed by atoms with van der Waals surface area (Å²) in [7, 11) is 0. The minimum Gasteiger partial charge on any atom is -0.362 e. The molecule has 0 aliphatic carbocycles. The Hall–Kier alpha value is -0.740. The smallest absolute Gasteiger partial charge is 0.173 e. The molecule has 0 amide bonds.